The Morgan fingerprint density at radius 1 is 1.37 bits per heavy atom. The largest absolute Gasteiger partial charge is 0.444 e. The van der Waals surface area contributed by atoms with Crippen LogP contribution in [0.1, 0.15) is 5.56 Å². The molecule has 0 saturated heterocycles. The van der Waals surface area contributed by atoms with Gasteiger partial charge in [0.05, 0.1) is 15.5 Å². The van der Waals surface area contributed by atoms with Gasteiger partial charge < -0.3 is 4.74 Å². The van der Waals surface area contributed by atoms with Crippen molar-refractivity contribution in [1.82, 2.24) is 10.2 Å². The van der Waals surface area contributed by atoms with Crippen molar-refractivity contribution in [3.05, 3.63) is 50.8 Å². The Bertz CT molecular complexity index is 580. The van der Waals surface area contributed by atoms with Crippen LogP contribution in [0.5, 0.6) is 0 Å². The van der Waals surface area contributed by atoms with Crippen molar-refractivity contribution in [1.29, 1.82) is 0 Å². The third-order valence-electron chi connectivity index (χ3n) is 2.20. The highest BCUT2D eigenvalue weighted by Crippen LogP contribution is 2.22. The topological polar surface area (TPSA) is 64.1 Å². The van der Waals surface area contributed by atoms with E-state index in [-0.39, 0.29) is 11.8 Å². The van der Waals surface area contributed by atoms with Gasteiger partial charge in [-0.1, -0.05) is 41.9 Å². The number of ether oxygens (including phenoxy) is 1. The number of rotatable bonds is 3. The molecular weight excluding hydrogens is 381 g/mol. The third kappa shape index (κ3) is 4.03. The first-order valence-electron chi connectivity index (χ1n) is 5.31. The highest BCUT2D eigenvalue weighted by Gasteiger charge is 2.10. The van der Waals surface area contributed by atoms with E-state index < -0.39 is 6.09 Å². The molecule has 0 atom stereocenters. The van der Waals surface area contributed by atoms with E-state index in [1.54, 1.807) is 0 Å². The lowest BCUT2D eigenvalue weighted by Crippen LogP contribution is -2.15. The van der Waals surface area contributed by atoms with Gasteiger partial charge in [-0.3, -0.25) is 5.32 Å². The van der Waals surface area contributed by atoms with E-state index in [4.69, 9.17) is 16.3 Å². The zero-order valence-electron chi connectivity index (χ0n) is 9.64. The van der Waals surface area contributed by atoms with Gasteiger partial charge >= 0.3 is 6.09 Å². The van der Waals surface area contributed by atoms with E-state index in [2.05, 4.69) is 15.5 Å². The van der Waals surface area contributed by atoms with E-state index in [9.17, 15) is 4.79 Å². The molecule has 2 aromatic rings. The minimum Gasteiger partial charge on any atom is -0.444 e. The molecule has 2 rings (SSSR count). The molecule has 7 heteroatoms. The molecule has 0 aliphatic carbocycles. The Labute approximate surface area is 128 Å². The Balaban J connectivity index is 1.93. The maximum atomic E-state index is 11.6. The standard InChI is InChI=1S/C12H9ClIN3O2/c13-11-10(14)9(6-15-17-11)16-12(18)19-7-8-4-2-1-3-5-8/h1-6H,7H2,(H,16,17,18). The Morgan fingerprint density at radius 2 is 2.11 bits per heavy atom. The van der Waals surface area contributed by atoms with Gasteiger partial charge in [-0.15, -0.1) is 5.10 Å². The van der Waals surface area contributed by atoms with Gasteiger partial charge in [0.2, 0.25) is 0 Å². The number of benzene rings is 1. The molecule has 0 aliphatic rings. The molecule has 5 nitrogen and oxygen atoms in total. The van der Waals surface area contributed by atoms with E-state index in [1.165, 1.54) is 6.20 Å². The molecule has 0 aliphatic heterocycles. The molecule has 19 heavy (non-hydrogen) atoms. The number of hydrogen-bond donors (Lipinski definition) is 1. The van der Waals surface area contributed by atoms with Crippen molar-refractivity contribution < 1.29 is 9.53 Å². The quantitative estimate of drug-likeness (QED) is 0.816. The molecule has 1 aromatic carbocycles. The van der Waals surface area contributed by atoms with Crippen LogP contribution < -0.4 is 5.32 Å². The van der Waals surface area contributed by atoms with Crippen molar-refractivity contribution in [3.8, 4) is 0 Å². The zero-order valence-corrected chi connectivity index (χ0v) is 12.6. The molecule has 0 fully saturated rings. The van der Waals surface area contributed by atoms with Gasteiger partial charge in [-0.2, -0.15) is 5.10 Å². The maximum absolute atomic E-state index is 11.6. The Hall–Kier alpha value is -1.41. The van der Waals surface area contributed by atoms with Crippen LogP contribution >= 0.6 is 34.2 Å². The second-order valence-corrected chi connectivity index (χ2v) is 4.99. The molecule has 1 aromatic heterocycles. The number of carbonyl (C=O) groups is 1. The number of carbonyl (C=O) groups excluding carboxylic acids is 1. The molecule has 98 valence electrons. The van der Waals surface area contributed by atoms with E-state index in [0.717, 1.165) is 5.56 Å². The minimum atomic E-state index is -0.564. The summed E-state index contributed by atoms with van der Waals surface area (Å²) in [5.41, 5.74) is 1.39. The number of amides is 1. The number of halogens is 2. The molecular formula is C12H9ClIN3O2. The molecule has 0 spiro atoms. The van der Waals surface area contributed by atoms with Gasteiger partial charge in [0.25, 0.3) is 0 Å². The van der Waals surface area contributed by atoms with Crippen LogP contribution in [0.3, 0.4) is 0 Å². The molecule has 1 N–H and O–H groups in total. The van der Waals surface area contributed by atoms with Crippen molar-refractivity contribution >= 4 is 46.0 Å². The lowest BCUT2D eigenvalue weighted by atomic mass is 10.2. The summed E-state index contributed by atoms with van der Waals surface area (Å²) in [5.74, 6) is 0. The smallest absolute Gasteiger partial charge is 0.412 e. The normalized spacial score (nSPS) is 10.0. The lowest BCUT2D eigenvalue weighted by molar-refractivity contribution is 0.155. The van der Waals surface area contributed by atoms with Crippen molar-refractivity contribution in [3.63, 3.8) is 0 Å². The van der Waals surface area contributed by atoms with Crippen molar-refractivity contribution in [2.24, 2.45) is 0 Å². The summed E-state index contributed by atoms with van der Waals surface area (Å²) in [5, 5.41) is 10.1. The number of hydrogen-bond acceptors (Lipinski definition) is 4. The summed E-state index contributed by atoms with van der Waals surface area (Å²) in [7, 11) is 0. The van der Waals surface area contributed by atoms with Crippen LogP contribution in [0.15, 0.2) is 36.5 Å². The lowest BCUT2D eigenvalue weighted by Gasteiger charge is -2.08. The third-order valence-corrected chi connectivity index (χ3v) is 3.87. The predicted octanol–water partition coefficient (Wildman–Crippen LogP) is 3.48. The number of nitrogens with one attached hydrogen (secondary N) is 1. The monoisotopic (exact) mass is 389 g/mol. The molecule has 0 saturated carbocycles. The number of aromatic nitrogens is 2. The molecule has 1 heterocycles. The highest BCUT2D eigenvalue weighted by atomic mass is 127. The molecule has 0 radical (unpaired) electrons. The van der Waals surface area contributed by atoms with Crippen LogP contribution in [0.4, 0.5) is 10.5 Å². The Kier molecular flexibility index (Phi) is 4.92. The second-order valence-electron chi connectivity index (χ2n) is 3.55. The summed E-state index contributed by atoms with van der Waals surface area (Å²) in [6.07, 6.45) is 0.850. The summed E-state index contributed by atoms with van der Waals surface area (Å²) in [6, 6.07) is 9.42. The fraction of sp³-hybridized carbons (Fsp3) is 0.0833. The van der Waals surface area contributed by atoms with Gasteiger partial charge in [0, 0.05) is 0 Å². The fourth-order valence-corrected chi connectivity index (χ4v) is 1.83. The van der Waals surface area contributed by atoms with E-state index in [1.807, 2.05) is 52.9 Å². The summed E-state index contributed by atoms with van der Waals surface area (Å²) < 4.78 is 5.70. The molecule has 0 unspecified atom stereocenters. The second kappa shape index (κ2) is 6.67. The maximum Gasteiger partial charge on any atom is 0.412 e. The van der Waals surface area contributed by atoms with Crippen LogP contribution in [0.2, 0.25) is 5.15 Å². The average Bonchev–Trinajstić information content (AvgIpc) is 2.43. The molecule has 1 amide bonds. The summed E-state index contributed by atoms with van der Waals surface area (Å²) in [6.45, 7) is 0.204. The summed E-state index contributed by atoms with van der Waals surface area (Å²) in [4.78, 5) is 11.6. The minimum absolute atomic E-state index is 0.204. The average molecular weight is 390 g/mol. The van der Waals surface area contributed by atoms with Gasteiger partial charge in [0.1, 0.15) is 6.61 Å². The first kappa shape index (κ1) is 14.0. The van der Waals surface area contributed by atoms with E-state index in [0.29, 0.717) is 9.26 Å². The van der Waals surface area contributed by atoms with Crippen molar-refractivity contribution in [2.45, 2.75) is 6.61 Å². The fourth-order valence-electron chi connectivity index (χ4n) is 1.31. The number of nitrogens with zero attached hydrogens (tertiary/aromatic N) is 2. The first-order valence-corrected chi connectivity index (χ1v) is 6.77. The van der Waals surface area contributed by atoms with Gasteiger partial charge in [0.15, 0.2) is 5.15 Å². The Morgan fingerprint density at radius 3 is 2.84 bits per heavy atom. The van der Waals surface area contributed by atoms with Crippen molar-refractivity contribution in [2.75, 3.05) is 5.32 Å². The highest BCUT2D eigenvalue weighted by molar-refractivity contribution is 14.1. The molecule has 0 bridgehead atoms. The van der Waals surface area contributed by atoms with Gasteiger partial charge in [-0.05, 0) is 28.2 Å². The summed E-state index contributed by atoms with van der Waals surface area (Å²) >= 11 is 7.77. The van der Waals surface area contributed by atoms with Crippen LogP contribution in [-0.2, 0) is 11.3 Å². The van der Waals surface area contributed by atoms with Gasteiger partial charge in [-0.25, -0.2) is 4.79 Å². The van der Waals surface area contributed by atoms with E-state index >= 15 is 0 Å². The zero-order chi connectivity index (χ0) is 13.7. The SMILES string of the molecule is O=C(Nc1cnnc(Cl)c1I)OCc1ccccc1. The van der Waals surface area contributed by atoms with Crippen LogP contribution in [0, 0.1) is 3.57 Å². The number of anilines is 1. The first-order chi connectivity index (χ1) is 9.16. The van der Waals surface area contributed by atoms with Crippen LogP contribution in [0.25, 0.3) is 0 Å². The predicted molar refractivity (Wildman–Crippen MR) is 80.0 cm³/mol. The van der Waals surface area contributed by atoms with Crippen LogP contribution in [-0.4, -0.2) is 16.3 Å².